The van der Waals surface area contributed by atoms with Gasteiger partial charge in [-0.15, -0.1) is 0 Å². The summed E-state index contributed by atoms with van der Waals surface area (Å²) in [5, 5.41) is 14.0. The van der Waals surface area contributed by atoms with Crippen LogP contribution in [0.15, 0.2) is 18.2 Å². The van der Waals surface area contributed by atoms with Gasteiger partial charge in [0.25, 0.3) is 5.69 Å². The minimum atomic E-state index is -0.455. The number of non-ortho nitro benzene ring substituents is 1. The largest absolute Gasteiger partial charge is 0.397 e. The van der Waals surface area contributed by atoms with Crippen molar-refractivity contribution in [1.29, 1.82) is 0 Å². The van der Waals surface area contributed by atoms with Gasteiger partial charge in [0, 0.05) is 18.7 Å². The Hall–Kier alpha value is -1.82. The molecule has 0 bridgehead atoms. The molecule has 1 saturated heterocycles. The van der Waals surface area contributed by atoms with E-state index >= 15 is 0 Å². The van der Waals surface area contributed by atoms with Gasteiger partial charge in [-0.3, -0.25) is 10.1 Å². The number of benzene rings is 1. The summed E-state index contributed by atoms with van der Waals surface area (Å²) in [6.45, 7) is 4.77. The van der Waals surface area contributed by atoms with E-state index in [4.69, 9.17) is 10.5 Å². The summed E-state index contributed by atoms with van der Waals surface area (Å²) in [6, 6.07) is 4.46. The van der Waals surface area contributed by atoms with E-state index in [0.29, 0.717) is 18.0 Å². The quantitative estimate of drug-likeness (QED) is 0.488. The minimum Gasteiger partial charge on any atom is -0.397 e. The molecule has 1 heterocycles. The first-order valence-electron chi connectivity index (χ1n) is 5.86. The number of hydrogen-bond donors (Lipinski definition) is 2. The van der Waals surface area contributed by atoms with Gasteiger partial charge in [-0.25, -0.2) is 0 Å². The van der Waals surface area contributed by atoms with Gasteiger partial charge >= 0.3 is 0 Å². The fraction of sp³-hybridized carbons (Fsp3) is 0.500. The molecule has 3 N–H and O–H groups in total. The number of nitrogens with one attached hydrogen (secondary N) is 1. The van der Waals surface area contributed by atoms with Crippen molar-refractivity contribution in [1.82, 2.24) is 0 Å². The van der Waals surface area contributed by atoms with E-state index in [-0.39, 0.29) is 17.3 Å². The molecule has 0 saturated carbocycles. The second kappa shape index (κ2) is 4.45. The van der Waals surface area contributed by atoms with Crippen molar-refractivity contribution in [2.24, 2.45) is 0 Å². The van der Waals surface area contributed by atoms with Crippen LogP contribution in [0.1, 0.15) is 20.3 Å². The molecular formula is C12H17N3O3. The van der Waals surface area contributed by atoms with Crippen molar-refractivity contribution in [3.63, 3.8) is 0 Å². The fourth-order valence-corrected chi connectivity index (χ4v) is 2.08. The lowest BCUT2D eigenvalue weighted by molar-refractivity contribution is -0.384. The van der Waals surface area contributed by atoms with Crippen molar-refractivity contribution in [3.8, 4) is 0 Å². The Morgan fingerprint density at radius 2 is 2.33 bits per heavy atom. The summed E-state index contributed by atoms with van der Waals surface area (Å²) in [5.74, 6) is 0. The van der Waals surface area contributed by atoms with Crippen molar-refractivity contribution in [2.45, 2.75) is 31.9 Å². The summed E-state index contributed by atoms with van der Waals surface area (Å²) in [7, 11) is 0. The molecule has 1 aromatic rings. The maximum absolute atomic E-state index is 10.6. The molecule has 6 heteroatoms. The zero-order valence-corrected chi connectivity index (χ0v) is 10.5. The molecule has 0 radical (unpaired) electrons. The molecule has 0 amide bonds. The summed E-state index contributed by atoms with van der Waals surface area (Å²) in [6.07, 6.45) is 0.956. The summed E-state index contributed by atoms with van der Waals surface area (Å²) in [5.41, 5.74) is 6.73. The van der Waals surface area contributed by atoms with Gasteiger partial charge < -0.3 is 15.8 Å². The lowest BCUT2D eigenvalue weighted by Gasteiger charge is -2.30. The Labute approximate surface area is 105 Å². The van der Waals surface area contributed by atoms with Gasteiger partial charge in [-0.2, -0.15) is 0 Å². The van der Waals surface area contributed by atoms with Crippen LogP contribution >= 0.6 is 0 Å². The average Bonchev–Trinajstić information content (AvgIpc) is 2.62. The van der Waals surface area contributed by atoms with E-state index in [0.717, 1.165) is 6.42 Å². The Morgan fingerprint density at radius 3 is 2.83 bits per heavy atom. The molecule has 1 aliphatic rings. The van der Waals surface area contributed by atoms with Crippen LogP contribution in [0.2, 0.25) is 0 Å². The number of nitrogens with two attached hydrogens (primary N) is 1. The zero-order chi connectivity index (χ0) is 13.3. The van der Waals surface area contributed by atoms with Gasteiger partial charge in [0.2, 0.25) is 0 Å². The molecule has 6 nitrogen and oxygen atoms in total. The number of nitrogen functional groups attached to an aromatic ring is 1. The van der Waals surface area contributed by atoms with Crippen LogP contribution in [-0.2, 0) is 4.74 Å². The number of hydrogen-bond acceptors (Lipinski definition) is 5. The summed E-state index contributed by atoms with van der Waals surface area (Å²) < 4.78 is 5.53. The monoisotopic (exact) mass is 251 g/mol. The van der Waals surface area contributed by atoms with E-state index in [2.05, 4.69) is 12.2 Å². The Kier molecular flexibility index (Phi) is 3.13. The minimum absolute atomic E-state index is 0.000997. The molecule has 2 rings (SSSR count). The number of nitrogens with zero attached hydrogens (tertiary/aromatic N) is 1. The lowest BCUT2D eigenvalue weighted by Crippen LogP contribution is -2.41. The highest BCUT2D eigenvalue weighted by atomic mass is 16.6. The number of nitro benzene ring substituents is 1. The maximum Gasteiger partial charge on any atom is 0.271 e. The molecule has 0 spiro atoms. The Morgan fingerprint density at radius 1 is 1.61 bits per heavy atom. The van der Waals surface area contributed by atoms with Gasteiger partial charge in [0.1, 0.15) is 0 Å². The maximum atomic E-state index is 10.6. The molecule has 2 unspecified atom stereocenters. The van der Waals surface area contributed by atoms with E-state index in [1.807, 2.05) is 6.92 Å². The molecule has 1 aliphatic heterocycles. The van der Waals surface area contributed by atoms with Gasteiger partial charge in [-0.1, -0.05) is 0 Å². The summed E-state index contributed by atoms with van der Waals surface area (Å²) >= 11 is 0. The van der Waals surface area contributed by atoms with Gasteiger partial charge in [0.05, 0.1) is 27.9 Å². The van der Waals surface area contributed by atoms with Crippen LogP contribution in [0.25, 0.3) is 0 Å². The van der Waals surface area contributed by atoms with Crippen molar-refractivity contribution < 1.29 is 9.66 Å². The van der Waals surface area contributed by atoms with Crippen LogP contribution in [0, 0.1) is 10.1 Å². The van der Waals surface area contributed by atoms with Crippen LogP contribution in [0.3, 0.4) is 0 Å². The SMILES string of the molecule is CC1OCCC1(C)Nc1ccc([N+](=O)[O-])cc1N. The molecule has 0 aliphatic carbocycles. The fourth-order valence-electron chi connectivity index (χ4n) is 2.08. The predicted octanol–water partition coefficient (Wildman–Crippen LogP) is 2.16. The highest BCUT2D eigenvalue weighted by Crippen LogP contribution is 2.33. The predicted molar refractivity (Wildman–Crippen MR) is 69.6 cm³/mol. The molecule has 2 atom stereocenters. The van der Waals surface area contributed by atoms with Crippen LogP contribution in [-0.4, -0.2) is 23.2 Å². The molecule has 98 valence electrons. The van der Waals surface area contributed by atoms with Crippen LogP contribution < -0.4 is 11.1 Å². The second-order valence-electron chi connectivity index (χ2n) is 4.83. The van der Waals surface area contributed by atoms with Gasteiger partial charge in [0.15, 0.2) is 0 Å². The number of rotatable bonds is 3. The van der Waals surface area contributed by atoms with E-state index < -0.39 is 4.92 Å². The first kappa shape index (κ1) is 12.6. The Balaban J connectivity index is 2.22. The van der Waals surface area contributed by atoms with Crippen molar-refractivity contribution in [2.75, 3.05) is 17.7 Å². The standard InChI is InChI=1S/C12H17N3O3/c1-8-12(2,5-6-18-8)14-11-4-3-9(15(16)17)7-10(11)13/h3-4,7-8,14H,5-6,13H2,1-2H3. The number of nitro groups is 1. The first-order chi connectivity index (χ1) is 8.42. The second-order valence-corrected chi connectivity index (χ2v) is 4.83. The number of ether oxygens (including phenoxy) is 1. The topological polar surface area (TPSA) is 90.4 Å². The van der Waals surface area contributed by atoms with Crippen LogP contribution in [0.5, 0.6) is 0 Å². The molecule has 1 fully saturated rings. The highest BCUT2D eigenvalue weighted by Gasteiger charge is 2.37. The molecule has 0 aromatic heterocycles. The number of anilines is 2. The van der Waals surface area contributed by atoms with E-state index in [1.165, 1.54) is 12.1 Å². The summed E-state index contributed by atoms with van der Waals surface area (Å²) in [4.78, 5) is 10.2. The normalized spacial score (nSPS) is 27.1. The third-order valence-electron chi connectivity index (χ3n) is 3.55. The Bertz CT molecular complexity index is 478. The molecular weight excluding hydrogens is 234 g/mol. The van der Waals surface area contributed by atoms with Crippen molar-refractivity contribution in [3.05, 3.63) is 28.3 Å². The zero-order valence-electron chi connectivity index (χ0n) is 10.5. The average molecular weight is 251 g/mol. The molecule has 1 aromatic carbocycles. The lowest BCUT2D eigenvalue weighted by atomic mass is 9.94. The smallest absolute Gasteiger partial charge is 0.271 e. The highest BCUT2D eigenvalue weighted by molar-refractivity contribution is 5.70. The third kappa shape index (κ3) is 2.24. The van der Waals surface area contributed by atoms with E-state index in [1.54, 1.807) is 6.07 Å². The van der Waals surface area contributed by atoms with Crippen LogP contribution in [0.4, 0.5) is 17.1 Å². The third-order valence-corrected chi connectivity index (χ3v) is 3.55. The van der Waals surface area contributed by atoms with E-state index in [9.17, 15) is 10.1 Å². The molecule has 18 heavy (non-hydrogen) atoms. The van der Waals surface area contributed by atoms with Crippen molar-refractivity contribution >= 4 is 17.1 Å². The first-order valence-corrected chi connectivity index (χ1v) is 5.86. The van der Waals surface area contributed by atoms with Gasteiger partial charge in [-0.05, 0) is 26.3 Å².